The number of nitrogens with one attached hydrogen (secondary N) is 1. The molecule has 0 aromatic rings. The first-order valence-electron chi connectivity index (χ1n) is 6.34. The second-order valence-electron chi connectivity index (χ2n) is 4.94. The zero-order chi connectivity index (χ0) is 9.80. The van der Waals surface area contributed by atoms with Crippen molar-refractivity contribution in [2.45, 2.75) is 57.5 Å². The lowest BCUT2D eigenvalue weighted by molar-refractivity contribution is 0.106. The van der Waals surface area contributed by atoms with Crippen molar-refractivity contribution in [1.82, 2.24) is 10.2 Å². The van der Waals surface area contributed by atoms with Gasteiger partial charge in [-0.15, -0.1) is 0 Å². The smallest absolute Gasteiger partial charge is 0.0195 e. The molecule has 2 rings (SSSR count). The second kappa shape index (κ2) is 5.13. The van der Waals surface area contributed by atoms with Crippen molar-refractivity contribution in [2.75, 3.05) is 19.6 Å². The highest BCUT2D eigenvalue weighted by atomic mass is 15.2. The molecular weight excluding hydrogens is 172 g/mol. The van der Waals surface area contributed by atoms with Gasteiger partial charge in [0.25, 0.3) is 0 Å². The Morgan fingerprint density at radius 3 is 2.43 bits per heavy atom. The molecule has 1 saturated carbocycles. The van der Waals surface area contributed by atoms with Crippen LogP contribution in [0.1, 0.15) is 45.4 Å². The van der Waals surface area contributed by atoms with Gasteiger partial charge in [0.1, 0.15) is 0 Å². The van der Waals surface area contributed by atoms with Crippen LogP contribution in [-0.2, 0) is 0 Å². The lowest BCUT2D eigenvalue weighted by Gasteiger charge is -2.39. The maximum absolute atomic E-state index is 3.48. The highest BCUT2D eigenvalue weighted by Crippen LogP contribution is 2.23. The molecule has 0 amide bonds. The molecule has 1 aliphatic heterocycles. The molecular formula is C12H24N2. The number of hydrogen-bond donors (Lipinski definition) is 1. The van der Waals surface area contributed by atoms with E-state index in [-0.39, 0.29) is 0 Å². The Morgan fingerprint density at radius 1 is 1.07 bits per heavy atom. The van der Waals surface area contributed by atoms with Crippen molar-refractivity contribution in [3.05, 3.63) is 0 Å². The van der Waals surface area contributed by atoms with Gasteiger partial charge in [-0.2, -0.15) is 0 Å². The highest BCUT2D eigenvalue weighted by Gasteiger charge is 2.25. The minimum Gasteiger partial charge on any atom is -0.314 e. The fraction of sp³-hybridized carbons (Fsp3) is 1.00. The van der Waals surface area contributed by atoms with Crippen molar-refractivity contribution in [2.24, 2.45) is 0 Å². The predicted molar refractivity (Wildman–Crippen MR) is 60.5 cm³/mol. The fourth-order valence-corrected chi connectivity index (χ4v) is 2.99. The van der Waals surface area contributed by atoms with Crippen LogP contribution in [0, 0.1) is 0 Å². The van der Waals surface area contributed by atoms with Gasteiger partial charge in [0, 0.05) is 31.7 Å². The summed E-state index contributed by atoms with van der Waals surface area (Å²) in [7, 11) is 0. The van der Waals surface area contributed by atoms with E-state index in [2.05, 4.69) is 17.1 Å². The molecule has 82 valence electrons. The van der Waals surface area contributed by atoms with E-state index in [1.807, 2.05) is 0 Å². The number of nitrogens with zero attached hydrogens (tertiary/aromatic N) is 1. The molecule has 0 radical (unpaired) electrons. The summed E-state index contributed by atoms with van der Waals surface area (Å²) >= 11 is 0. The van der Waals surface area contributed by atoms with Crippen LogP contribution >= 0.6 is 0 Å². The fourth-order valence-electron chi connectivity index (χ4n) is 2.99. The third-order valence-electron chi connectivity index (χ3n) is 3.85. The zero-order valence-electron chi connectivity index (χ0n) is 9.47. The quantitative estimate of drug-likeness (QED) is 0.645. The van der Waals surface area contributed by atoms with E-state index in [0.717, 1.165) is 12.1 Å². The van der Waals surface area contributed by atoms with Crippen LogP contribution in [0.4, 0.5) is 0 Å². The van der Waals surface area contributed by atoms with Crippen LogP contribution in [-0.4, -0.2) is 36.6 Å². The summed E-state index contributed by atoms with van der Waals surface area (Å²) in [5.41, 5.74) is 0. The third kappa shape index (κ3) is 2.48. The average Bonchev–Trinajstić information content (AvgIpc) is 2.47. The van der Waals surface area contributed by atoms with E-state index >= 15 is 0 Å². The number of hydrogen-bond acceptors (Lipinski definition) is 2. The molecule has 2 nitrogen and oxygen atoms in total. The van der Waals surface area contributed by atoms with Gasteiger partial charge < -0.3 is 5.32 Å². The molecule has 1 unspecified atom stereocenters. The maximum Gasteiger partial charge on any atom is 0.0195 e. The van der Waals surface area contributed by atoms with E-state index in [9.17, 15) is 0 Å². The Morgan fingerprint density at radius 2 is 1.79 bits per heavy atom. The second-order valence-corrected chi connectivity index (χ2v) is 4.94. The van der Waals surface area contributed by atoms with Crippen molar-refractivity contribution in [3.8, 4) is 0 Å². The minimum atomic E-state index is 0.756. The summed E-state index contributed by atoms with van der Waals surface area (Å²) in [5, 5.41) is 3.48. The summed E-state index contributed by atoms with van der Waals surface area (Å²) in [4.78, 5) is 2.75. The van der Waals surface area contributed by atoms with Crippen LogP contribution in [0.2, 0.25) is 0 Å². The molecule has 0 aromatic heterocycles. The first-order chi connectivity index (χ1) is 6.88. The van der Waals surface area contributed by atoms with E-state index in [4.69, 9.17) is 0 Å². The summed E-state index contributed by atoms with van der Waals surface area (Å²) in [6, 6.07) is 1.65. The SMILES string of the molecule is CC1CNCCN1C1CCCCCC1. The van der Waals surface area contributed by atoms with Gasteiger partial charge in [-0.25, -0.2) is 0 Å². The normalized spacial score (nSPS) is 32.8. The Balaban J connectivity index is 1.90. The molecule has 0 bridgehead atoms. The van der Waals surface area contributed by atoms with Gasteiger partial charge in [0.15, 0.2) is 0 Å². The maximum atomic E-state index is 3.48. The first kappa shape index (κ1) is 10.4. The Hall–Kier alpha value is -0.0800. The Kier molecular flexibility index (Phi) is 3.82. The molecule has 14 heavy (non-hydrogen) atoms. The molecule has 2 aliphatic rings. The monoisotopic (exact) mass is 196 g/mol. The van der Waals surface area contributed by atoms with E-state index < -0.39 is 0 Å². The molecule has 1 N–H and O–H groups in total. The van der Waals surface area contributed by atoms with Crippen molar-refractivity contribution in [1.29, 1.82) is 0 Å². The van der Waals surface area contributed by atoms with Crippen LogP contribution in [0.3, 0.4) is 0 Å². The predicted octanol–water partition coefficient (Wildman–Crippen LogP) is 2.00. The van der Waals surface area contributed by atoms with Crippen LogP contribution < -0.4 is 5.32 Å². The zero-order valence-corrected chi connectivity index (χ0v) is 9.47. The van der Waals surface area contributed by atoms with Gasteiger partial charge >= 0.3 is 0 Å². The number of piperazine rings is 1. The highest BCUT2D eigenvalue weighted by molar-refractivity contribution is 4.83. The van der Waals surface area contributed by atoms with Crippen molar-refractivity contribution < 1.29 is 0 Å². The molecule has 1 aliphatic carbocycles. The standard InChI is InChI=1S/C12H24N2/c1-11-10-13-8-9-14(11)12-6-4-2-3-5-7-12/h11-13H,2-10H2,1H3. The van der Waals surface area contributed by atoms with Crippen molar-refractivity contribution in [3.63, 3.8) is 0 Å². The molecule has 2 heteroatoms. The molecule has 1 heterocycles. The Bertz CT molecular complexity index is 162. The largest absolute Gasteiger partial charge is 0.314 e. The van der Waals surface area contributed by atoms with Gasteiger partial charge in [-0.1, -0.05) is 25.7 Å². The average molecular weight is 196 g/mol. The lowest BCUT2D eigenvalue weighted by atomic mass is 10.0. The minimum absolute atomic E-state index is 0.756. The summed E-state index contributed by atoms with van der Waals surface area (Å²) < 4.78 is 0. The summed E-state index contributed by atoms with van der Waals surface area (Å²) in [5.74, 6) is 0. The molecule has 2 fully saturated rings. The van der Waals surface area contributed by atoms with Crippen molar-refractivity contribution >= 4 is 0 Å². The van der Waals surface area contributed by atoms with Gasteiger partial charge in [-0.05, 0) is 19.8 Å². The van der Waals surface area contributed by atoms with E-state index in [1.54, 1.807) is 0 Å². The van der Waals surface area contributed by atoms with Crippen LogP contribution in [0.15, 0.2) is 0 Å². The van der Waals surface area contributed by atoms with Gasteiger partial charge in [0.05, 0.1) is 0 Å². The molecule has 1 atom stereocenters. The van der Waals surface area contributed by atoms with E-state index in [1.165, 1.54) is 58.2 Å². The Labute approximate surface area is 88.1 Å². The topological polar surface area (TPSA) is 15.3 Å². The molecule has 0 aromatic carbocycles. The number of rotatable bonds is 1. The lowest BCUT2D eigenvalue weighted by Crippen LogP contribution is -2.53. The third-order valence-corrected chi connectivity index (χ3v) is 3.85. The van der Waals surface area contributed by atoms with Crippen LogP contribution in [0.25, 0.3) is 0 Å². The summed E-state index contributed by atoms with van der Waals surface area (Å²) in [6.07, 6.45) is 8.76. The van der Waals surface area contributed by atoms with Gasteiger partial charge in [0.2, 0.25) is 0 Å². The van der Waals surface area contributed by atoms with Crippen LogP contribution in [0.5, 0.6) is 0 Å². The molecule has 1 saturated heterocycles. The first-order valence-corrected chi connectivity index (χ1v) is 6.34. The summed E-state index contributed by atoms with van der Waals surface area (Å²) in [6.45, 7) is 6.03. The van der Waals surface area contributed by atoms with Gasteiger partial charge in [-0.3, -0.25) is 4.90 Å². The molecule has 0 spiro atoms. The van der Waals surface area contributed by atoms with E-state index in [0.29, 0.717) is 0 Å².